The number of aromatic nitrogens is 2. The third kappa shape index (κ3) is 4.71. The van der Waals surface area contributed by atoms with Crippen molar-refractivity contribution in [1.29, 1.82) is 0 Å². The van der Waals surface area contributed by atoms with Crippen molar-refractivity contribution < 1.29 is 0 Å². The van der Waals surface area contributed by atoms with Crippen molar-refractivity contribution in [1.82, 2.24) is 20.0 Å². The lowest BCUT2D eigenvalue weighted by molar-refractivity contribution is 0.252. The molecule has 17 heavy (non-hydrogen) atoms. The molecule has 1 aromatic rings. The summed E-state index contributed by atoms with van der Waals surface area (Å²) < 4.78 is 1.72. The molecule has 1 heterocycles. The van der Waals surface area contributed by atoms with E-state index in [1.54, 1.807) is 10.9 Å². The van der Waals surface area contributed by atoms with Gasteiger partial charge in [-0.3, -0.25) is 0 Å². The van der Waals surface area contributed by atoms with E-state index in [4.69, 9.17) is 0 Å². The average molecular weight is 236 g/mol. The Morgan fingerprint density at radius 3 is 3.00 bits per heavy atom. The lowest BCUT2D eigenvalue weighted by Crippen LogP contribution is -2.34. The van der Waals surface area contributed by atoms with Crippen LogP contribution in [0.25, 0.3) is 6.20 Å². The van der Waals surface area contributed by atoms with Gasteiger partial charge in [-0.25, -0.2) is 4.68 Å². The van der Waals surface area contributed by atoms with E-state index < -0.39 is 0 Å². The van der Waals surface area contributed by atoms with Gasteiger partial charge in [-0.05, 0) is 20.4 Å². The molecule has 0 aliphatic heterocycles. The molecule has 1 unspecified atom stereocenters. The summed E-state index contributed by atoms with van der Waals surface area (Å²) in [5.74, 6) is 0. The predicted molar refractivity (Wildman–Crippen MR) is 72.7 cm³/mol. The standard InChI is InChI=1S/C13H24N4/c1-5-12(3)16(4)8-7-14-9-13-10-15-17(6-2)11-13/h6,10-12,14H,2,5,7-9H2,1,3-4H3. The molecule has 0 bridgehead atoms. The van der Waals surface area contributed by atoms with E-state index >= 15 is 0 Å². The van der Waals surface area contributed by atoms with Gasteiger partial charge in [0.15, 0.2) is 0 Å². The van der Waals surface area contributed by atoms with Gasteiger partial charge in [0, 0.05) is 43.6 Å². The molecule has 0 aliphatic carbocycles. The minimum atomic E-state index is 0.653. The first-order chi connectivity index (χ1) is 8.17. The molecule has 4 heteroatoms. The van der Waals surface area contributed by atoms with Gasteiger partial charge in [0.1, 0.15) is 0 Å². The minimum absolute atomic E-state index is 0.653. The van der Waals surface area contributed by atoms with Gasteiger partial charge in [0.05, 0.1) is 6.20 Å². The van der Waals surface area contributed by atoms with Crippen LogP contribution in [0.2, 0.25) is 0 Å². The maximum atomic E-state index is 4.14. The second-order valence-electron chi connectivity index (χ2n) is 4.43. The molecular weight excluding hydrogens is 212 g/mol. The van der Waals surface area contributed by atoms with Crippen molar-refractivity contribution in [2.75, 3.05) is 20.1 Å². The second-order valence-corrected chi connectivity index (χ2v) is 4.43. The molecular formula is C13H24N4. The fraction of sp³-hybridized carbons (Fsp3) is 0.615. The monoisotopic (exact) mass is 236 g/mol. The fourth-order valence-electron chi connectivity index (χ4n) is 1.59. The topological polar surface area (TPSA) is 33.1 Å². The molecule has 96 valence electrons. The van der Waals surface area contributed by atoms with E-state index in [9.17, 15) is 0 Å². The Kier molecular flexibility index (Phi) is 5.94. The average Bonchev–Trinajstić information content (AvgIpc) is 2.81. The van der Waals surface area contributed by atoms with E-state index in [1.165, 1.54) is 12.0 Å². The molecule has 0 aliphatic rings. The van der Waals surface area contributed by atoms with Gasteiger partial charge in [0.25, 0.3) is 0 Å². The van der Waals surface area contributed by atoms with Crippen LogP contribution >= 0.6 is 0 Å². The van der Waals surface area contributed by atoms with Gasteiger partial charge in [-0.15, -0.1) is 0 Å². The van der Waals surface area contributed by atoms with Crippen molar-refractivity contribution in [3.8, 4) is 0 Å². The normalized spacial score (nSPS) is 12.9. The Bertz CT molecular complexity index is 332. The molecule has 0 aromatic carbocycles. The van der Waals surface area contributed by atoms with Gasteiger partial charge < -0.3 is 10.2 Å². The van der Waals surface area contributed by atoms with Crippen molar-refractivity contribution in [3.05, 3.63) is 24.5 Å². The van der Waals surface area contributed by atoms with Crippen LogP contribution in [0, 0.1) is 0 Å². The van der Waals surface area contributed by atoms with E-state index in [0.717, 1.165) is 19.6 Å². The summed E-state index contributed by atoms with van der Waals surface area (Å²) in [5, 5.41) is 7.56. The molecule has 4 nitrogen and oxygen atoms in total. The van der Waals surface area contributed by atoms with Crippen LogP contribution in [0.15, 0.2) is 19.0 Å². The van der Waals surface area contributed by atoms with Crippen LogP contribution < -0.4 is 5.32 Å². The first-order valence-corrected chi connectivity index (χ1v) is 6.24. The van der Waals surface area contributed by atoms with Crippen LogP contribution in [-0.2, 0) is 6.54 Å². The quantitative estimate of drug-likeness (QED) is 0.699. The highest BCUT2D eigenvalue weighted by Crippen LogP contribution is 1.99. The molecule has 0 fully saturated rings. The summed E-state index contributed by atoms with van der Waals surface area (Å²) in [5.41, 5.74) is 1.19. The third-order valence-electron chi connectivity index (χ3n) is 3.16. The van der Waals surface area contributed by atoms with E-state index in [0.29, 0.717) is 6.04 Å². The number of nitrogens with one attached hydrogen (secondary N) is 1. The Morgan fingerprint density at radius 2 is 2.41 bits per heavy atom. The molecule has 1 atom stereocenters. The van der Waals surface area contributed by atoms with E-state index in [1.807, 2.05) is 12.4 Å². The Labute approximate surface area is 104 Å². The summed E-state index contributed by atoms with van der Waals surface area (Å²) in [4.78, 5) is 2.38. The highest BCUT2D eigenvalue weighted by Gasteiger charge is 2.05. The van der Waals surface area contributed by atoms with Crippen LogP contribution in [0.1, 0.15) is 25.8 Å². The zero-order valence-electron chi connectivity index (χ0n) is 11.2. The van der Waals surface area contributed by atoms with Gasteiger partial charge in [0.2, 0.25) is 0 Å². The van der Waals surface area contributed by atoms with Crippen molar-refractivity contribution in [3.63, 3.8) is 0 Å². The summed E-state index contributed by atoms with van der Waals surface area (Å²) in [6.07, 6.45) is 6.74. The van der Waals surface area contributed by atoms with Crippen LogP contribution in [-0.4, -0.2) is 40.9 Å². The maximum absolute atomic E-state index is 4.14. The third-order valence-corrected chi connectivity index (χ3v) is 3.16. The second kappa shape index (κ2) is 7.25. The Hall–Kier alpha value is -1.13. The van der Waals surface area contributed by atoms with E-state index in [-0.39, 0.29) is 0 Å². The fourth-order valence-corrected chi connectivity index (χ4v) is 1.59. The molecule has 0 saturated carbocycles. The summed E-state index contributed by atoms with van der Waals surface area (Å²) >= 11 is 0. The van der Waals surface area contributed by atoms with Gasteiger partial charge in [-0.1, -0.05) is 13.5 Å². The zero-order valence-corrected chi connectivity index (χ0v) is 11.2. The minimum Gasteiger partial charge on any atom is -0.311 e. The number of likely N-dealkylation sites (N-methyl/N-ethyl adjacent to an activating group) is 1. The molecule has 0 spiro atoms. The molecule has 1 rings (SSSR count). The summed E-state index contributed by atoms with van der Waals surface area (Å²) in [6, 6.07) is 0.653. The number of nitrogens with zero attached hydrogens (tertiary/aromatic N) is 3. The lowest BCUT2D eigenvalue weighted by atomic mass is 10.2. The van der Waals surface area contributed by atoms with Gasteiger partial charge in [-0.2, -0.15) is 5.10 Å². The van der Waals surface area contributed by atoms with Crippen LogP contribution in [0.5, 0.6) is 0 Å². The highest BCUT2D eigenvalue weighted by atomic mass is 15.2. The SMILES string of the molecule is C=Cn1cc(CNCCN(C)C(C)CC)cn1. The zero-order chi connectivity index (χ0) is 12.7. The molecule has 0 radical (unpaired) electrons. The van der Waals surface area contributed by atoms with Crippen molar-refractivity contribution >= 4 is 6.20 Å². The van der Waals surface area contributed by atoms with Crippen molar-refractivity contribution in [2.45, 2.75) is 32.9 Å². The highest BCUT2D eigenvalue weighted by molar-refractivity contribution is 5.17. The number of hydrogen-bond donors (Lipinski definition) is 1. The number of hydrogen-bond acceptors (Lipinski definition) is 3. The summed E-state index contributed by atoms with van der Waals surface area (Å²) in [6.45, 7) is 11.1. The van der Waals surface area contributed by atoms with Crippen LogP contribution in [0.4, 0.5) is 0 Å². The molecule has 0 amide bonds. The first kappa shape index (κ1) is 13.9. The predicted octanol–water partition coefficient (Wildman–Crippen LogP) is 1.80. The lowest BCUT2D eigenvalue weighted by Gasteiger charge is -2.23. The van der Waals surface area contributed by atoms with E-state index in [2.05, 4.69) is 42.8 Å². The number of rotatable bonds is 8. The summed E-state index contributed by atoms with van der Waals surface area (Å²) in [7, 11) is 2.17. The smallest absolute Gasteiger partial charge is 0.0538 e. The molecule has 0 saturated heterocycles. The van der Waals surface area contributed by atoms with Gasteiger partial charge >= 0.3 is 0 Å². The molecule has 1 aromatic heterocycles. The Morgan fingerprint density at radius 1 is 1.65 bits per heavy atom. The maximum Gasteiger partial charge on any atom is 0.0538 e. The largest absolute Gasteiger partial charge is 0.311 e. The molecule has 1 N–H and O–H groups in total. The Balaban J connectivity index is 2.17. The van der Waals surface area contributed by atoms with Crippen molar-refractivity contribution in [2.24, 2.45) is 0 Å². The first-order valence-electron chi connectivity index (χ1n) is 6.24. The van der Waals surface area contributed by atoms with Crippen LogP contribution in [0.3, 0.4) is 0 Å².